The van der Waals surface area contributed by atoms with Gasteiger partial charge in [-0.1, -0.05) is 12.1 Å². The molecule has 0 aliphatic heterocycles. The summed E-state index contributed by atoms with van der Waals surface area (Å²) >= 11 is 1.16. The van der Waals surface area contributed by atoms with Gasteiger partial charge in [0.05, 0.1) is 18.8 Å². The van der Waals surface area contributed by atoms with Crippen LogP contribution < -0.4 is 4.74 Å². The van der Waals surface area contributed by atoms with Gasteiger partial charge < -0.3 is 9.47 Å². The van der Waals surface area contributed by atoms with Gasteiger partial charge in [-0.3, -0.25) is 4.68 Å². The largest absolute Gasteiger partial charge is 0.472 e. The van der Waals surface area contributed by atoms with Crippen LogP contribution in [0.1, 0.15) is 15.9 Å². The Balaban J connectivity index is 1.84. The predicted molar refractivity (Wildman–Crippen MR) is 78.5 cm³/mol. The SMILES string of the molecule is COC(=O)c1csnc1OCc1cccc2c1cnn2C. The lowest BCUT2D eigenvalue weighted by Crippen LogP contribution is -2.04. The molecule has 0 bridgehead atoms. The van der Waals surface area contributed by atoms with Crippen molar-refractivity contribution in [3.05, 3.63) is 40.9 Å². The van der Waals surface area contributed by atoms with E-state index >= 15 is 0 Å². The van der Waals surface area contributed by atoms with E-state index in [4.69, 9.17) is 9.47 Å². The number of fused-ring (bicyclic) bond motifs is 1. The molecular formula is C14H13N3O3S. The van der Waals surface area contributed by atoms with Crippen LogP contribution >= 0.6 is 11.5 Å². The normalized spacial score (nSPS) is 10.8. The molecule has 7 heteroatoms. The fraction of sp³-hybridized carbons (Fsp3) is 0.214. The quantitative estimate of drug-likeness (QED) is 0.692. The summed E-state index contributed by atoms with van der Waals surface area (Å²) < 4.78 is 16.3. The van der Waals surface area contributed by atoms with Crippen molar-refractivity contribution in [3.8, 4) is 5.88 Å². The number of ether oxygens (including phenoxy) is 2. The number of aryl methyl sites for hydroxylation is 1. The molecule has 1 aromatic carbocycles. The smallest absolute Gasteiger partial charge is 0.344 e. The van der Waals surface area contributed by atoms with Gasteiger partial charge in [-0.05, 0) is 17.6 Å². The van der Waals surface area contributed by atoms with E-state index in [0.717, 1.165) is 28.0 Å². The Labute approximate surface area is 125 Å². The minimum Gasteiger partial charge on any atom is -0.472 e. The molecule has 0 saturated heterocycles. The summed E-state index contributed by atoms with van der Waals surface area (Å²) in [4.78, 5) is 11.6. The molecule has 0 radical (unpaired) electrons. The highest BCUT2D eigenvalue weighted by atomic mass is 32.1. The van der Waals surface area contributed by atoms with Gasteiger partial charge >= 0.3 is 5.97 Å². The van der Waals surface area contributed by atoms with Gasteiger partial charge in [-0.25, -0.2) is 4.79 Å². The van der Waals surface area contributed by atoms with E-state index in [9.17, 15) is 4.79 Å². The second-order valence-electron chi connectivity index (χ2n) is 4.43. The third-order valence-corrected chi connectivity index (χ3v) is 3.80. The van der Waals surface area contributed by atoms with Gasteiger partial charge in [-0.2, -0.15) is 9.47 Å². The first-order valence-corrected chi connectivity index (χ1v) is 7.09. The molecule has 108 valence electrons. The summed E-state index contributed by atoms with van der Waals surface area (Å²) in [6.45, 7) is 0.316. The molecule has 3 rings (SSSR count). The molecule has 0 aliphatic rings. The third kappa shape index (κ3) is 2.47. The van der Waals surface area contributed by atoms with Crippen LogP contribution in [0.3, 0.4) is 0 Å². The van der Waals surface area contributed by atoms with Crippen LogP contribution in [-0.4, -0.2) is 27.2 Å². The number of methoxy groups -OCH3 is 1. The van der Waals surface area contributed by atoms with Crippen LogP contribution in [0.4, 0.5) is 0 Å². The average Bonchev–Trinajstić information content (AvgIpc) is 3.12. The Morgan fingerprint density at radius 1 is 1.43 bits per heavy atom. The molecule has 2 heterocycles. The lowest BCUT2D eigenvalue weighted by Gasteiger charge is -2.06. The highest BCUT2D eigenvalue weighted by Crippen LogP contribution is 2.23. The fourth-order valence-corrected chi connectivity index (χ4v) is 2.69. The van der Waals surface area contributed by atoms with Gasteiger partial charge in [0.15, 0.2) is 0 Å². The molecule has 2 aromatic heterocycles. The molecule has 0 spiro atoms. The molecular weight excluding hydrogens is 290 g/mol. The van der Waals surface area contributed by atoms with Crippen LogP contribution in [0.15, 0.2) is 29.8 Å². The highest BCUT2D eigenvalue weighted by Gasteiger charge is 2.16. The third-order valence-electron chi connectivity index (χ3n) is 3.19. The van der Waals surface area contributed by atoms with E-state index in [-0.39, 0.29) is 0 Å². The van der Waals surface area contributed by atoms with E-state index in [1.54, 1.807) is 11.6 Å². The maximum atomic E-state index is 11.6. The number of carbonyl (C=O) groups excluding carboxylic acids is 1. The van der Waals surface area contributed by atoms with Crippen molar-refractivity contribution in [1.82, 2.24) is 14.2 Å². The zero-order valence-corrected chi connectivity index (χ0v) is 12.4. The zero-order valence-electron chi connectivity index (χ0n) is 11.6. The minimum atomic E-state index is -0.446. The first-order valence-electron chi connectivity index (χ1n) is 6.26. The van der Waals surface area contributed by atoms with E-state index in [1.165, 1.54) is 7.11 Å². The van der Waals surface area contributed by atoms with Gasteiger partial charge in [0.2, 0.25) is 5.88 Å². The number of hydrogen-bond donors (Lipinski definition) is 0. The number of benzene rings is 1. The van der Waals surface area contributed by atoms with Gasteiger partial charge in [0, 0.05) is 23.4 Å². The molecule has 0 unspecified atom stereocenters. The Hall–Kier alpha value is -2.41. The Morgan fingerprint density at radius 2 is 2.29 bits per heavy atom. The molecule has 3 aromatic rings. The summed E-state index contributed by atoms with van der Waals surface area (Å²) in [6.07, 6.45) is 1.80. The van der Waals surface area contributed by atoms with Crippen LogP contribution in [0.2, 0.25) is 0 Å². The van der Waals surface area contributed by atoms with E-state index < -0.39 is 5.97 Å². The Morgan fingerprint density at radius 3 is 3.10 bits per heavy atom. The van der Waals surface area contributed by atoms with Crippen molar-refractivity contribution in [2.75, 3.05) is 7.11 Å². The van der Waals surface area contributed by atoms with E-state index in [1.807, 2.05) is 29.9 Å². The second-order valence-corrected chi connectivity index (χ2v) is 5.06. The molecule has 0 fully saturated rings. The fourth-order valence-electron chi connectivity index (χ4n) is 2.09. The molecule has 0 amide bonds. The van der Waals surface area contributed by atoms with Crippen molar-refractivity contribution in [1.29, 1.82) is 0 Å². The van der Waals surface area contributed by atoms with Crippen LogP contribution in [-0.2, 0) is 18.4 Å². The number of hydrogen-bond acceptors (Lipinski definition) is 6. The first-order chi connectivity index (χ1) is 10.2. The second kappa shape index (κ2) is 5.53. The summed E-state index contributed by atoms with van der Waals surface area (Å²) in [5.41, 5.74) is 2.37. The monoisotopic (exact) mass is 303 g/mol. The van der Waals surface area contributed by atoms with E-state index in [2.05, 4.69) is 9.47 Å². The summed E-state index contributed by atoms with van der Waals surface area (Å²) in [7, 11) is 3.23. The number of nitrogens with zero attached hydrogens (tertiary/aromatic N) is 3. The molecule has 0 N–H and O–H groups in total. The number of aromatic nitrogens is 3. The summed E-state index contributed by atoms with van der Waals surface area (Å²) in [6, 6.07) is 5.91. The first kappa shape index (κ1) is 13.6. The molecule has 6 nitrogen and oxygen atoms in total. The number of esters is 1. The van der Waals surface area contributed by atoms with Crippen molar-refractivity contribution < 1.29 is 14.3 Å². The van der Waals surface area contributed by atoms with Crippen LogP contribution in [0, 0.1) is 0 Å². The Bertz CT molecular complexity index is 794. The van der Waals surface area contributed by atoms with Crippen LogP contribution in [0.25, 0.3) is 10.9 Å². The molecule has 0 saturated carbocycles. The highest BCUT2D eigenvalue weighted by molar-refractivity contribution is 7.04. The summed E-state index contributed by atoms with van der Waals surface area (Å²) in [5, 5.41) is 6.87. The van der Waals surface area contributed by atoms with Gasteiger partial charge in [0.1, 0.15) is 12.2 Å². The standard InChI is InChI=1S/C14H13N3O3S/c1-17-12-5-3-4-9(10(12)6-15-17)7-20-13-11(8-21-16-13)14(18)19-2/h3-6,8H,7H2,1-2H3. The predicted octanol–water partition coefficient (Wildman–Crippen LogP) is 2.40. The molecule has 0 atom stereocenters. The van der Waals surface area contributed by atoms with Crippen molar-refractivity contribution >= 4 is 28.4 Å². The Kier molecular flexibility index (Phi) is 3.57. The summed E-state index contributed by atoms with van der Waals surface area (Å²) in [5.74, 6) is -0.147. The van der Waals surface area contributed by atoms with Gasteiger partial charge in [-0.15, -0.1) is 0 Å². The minimum absolute atomic E-state index is 0.299. The topological polar surface area (TPSA) is 66.2 Å². The lowest BCUT2D eigenvalue weighted by atomic mass is 10.1. The maximum absolute atomic E-state index is 11.6. The molecule has 21 heavy (non-hydrogen) atoms. The molecule has 0 aliphatic carbocycles. The maximum Gasteiger partial charge on any atom is 0.344 e. The van der Waals surface area contributed by atoms with Gasteiger partial charge in [0.25, 0.3) is 0 Å². The van der Waals surface area contributed by atoms with Crippen molar-refractivity contribution in [2.45, 2.75) is 6.61 Å². The van der Waals surface area contributed by atoms with E-state index in [0.29, 0.717) is 18.1 Å². The number of carbonyl (C=O) groups is 1. The number of rotatable bonds is 4. The average molecular weight is 303 g/mol. The van der Waals surface area contributed by atoms with Crippen molar-refractivity contribution in [3.63, 3.8) is 0 Å². The zero-order chi connectivity index (χ0) is 14.8. The van der Waals surface area contributed by atoms with Crippen molar-refractivity contribution in [2.24, 2.45) is 7.05 Å². The lowest BCUT2D eigenvalue weighted by molar-refractivity contribution is 0.0595. The van der Waals surface area contributed by atoms with Crippen LogP contribution in [0.5, 0.6) is 5.88 Å².